The number of aryl methyl sites for hydroxylation is 1. The number of hydrogen-bond acceptors (Lipinski definition) is 4. The van der Waals surface area contributed by atoms with Crippen molar-refractivity contribution in [1.82, 2.24) is 0 Å². The van der Waals surface area contributed by atoms with Gasteiger partial charge in [-0.2, -0.15) is 0 Å². The molecule has 0 atom stereocenters. The molecule has 0 amide bonds. The van der Waals surface area contributed by atoms with Gasteiger partial charge in [0.25, 0.3) is 0 Å². The first-order valence-corrected chi connectivity index (χ1v) is 9.14. The standard InChI is InChI=1S/C24H22O4/c1-16(2)20-14-17(3)15-21(27-23(25)18-10-6-4-7-11-18)22(20)28-24(26)19-12-8-5-9-13-19/h4-16H,1-3H3. The van der Waals surface area contributed by atoms with Crippen LogP contribution < -0.4 is 9.47 Å². The van der Waals surface area contributed by atoms with Gasteiger partial charge in [0.05, 0.1) is 11.1 Å². The van der Waals surface area contributed by atoms with Crippen LogP contribution >= 0.6 is 0 Å². The molecule has 0 radical (unpaired) electrons. The Morgan fingerprint density at radius 2 is 1.25 bits per heavy atom. The van der Waals surface area contributed by atoms with E-state index in [4.69, 9.17) is 9.47 Å². The number of carbonyl (C=O) groups excluding carboxylic acids is 2. The topological polar surface area (TPSA) is 52.6 Å². The molecule has 4 heteroatoms. The van der Waals surface area contributed by atoms with Crippen LogP contribution in [-0.4, -0.2) is 11.9 Å². The Kier molecular flexibility index (Phi) is 5.90. The largest absolute Gasteiger partial charge is 0.419 e. The first-order valence-electron chi connectivity index (χ1n) is 9.14. The van der Waals surface area contributed by atoms with Crippen LogP contribution in [0.5, 0.6) is 11.5 Å². The minimum absolute atomic E-state index is 0.0765. The molecular formula is C24H22O4. The van der Waals surface area contributed by atoms with Gasteiger partial charge in [0.2, 0.25) is 0 Å². The van der Waals surface area contributed by atoms with E-state index in [1.54, 1.807) is 54.6 Å². The van der Waals surface area contributed by atoms with Crippen molar-refractivity contribution in [3.8, 4) is 11.5 Å². The maximum atomic E-state index is 12.6. The monoisotopic (exact) mass is 374 g/mol. The molecule has 4 nitrogen and oxygen atoms in total. The Morgan fingerprint density at radius 1 is 0.750 bits per heavy atom. The molecule has 0 aliphatic heterocycles. The molecule has 0 aliphatic rings. The van der Waals surface area contributed by atoms with Crippen molar-refractivity contribution in [2.75, 3.05) is 0 Å². The van der Waals surface area contributed by atoms with Gasteiger partial charge >= 0.3 is 11.9 Å². The smallest absolute Gasteiger partial charge is 0.343 e. The van der Waals surface area contributed by atoms with E-state index in [1.807, 2.05) is 39.0 Å². The van der Waals surface area contributed by atoms with E-state index in [2.05, 4.69) is 0 Å². The van der Waals surface area contributed by atoms with Gasteiger partial charge in [-0.3, -0.25) is 0 Å². The Hall–Kier alpha value is -3.40. The average Bonchev–Trinajstić information content (AvgIpc) is 2.70. The number of rotatable bonds is 5. The first-order chi connectivity index (χ1) is 13.5. The van der Waals surface area contributed by atoms with Crippen LogP contribution in [0.1, 0.15) is 51.6 Å². The van der Waals surface area contributed by atoms with Gasteiger partial charge in [-0.05, 0) is 48.7 Å². The van der Waals surface area contributed by atoms with Gasteiger partial charge in [-0.25, -0.2) is 9.59 Å². The SMILES string of the molecule is Cc1cc(OC(=O)c2ccccc2)c(OC(=O)c2ccccc2)c(C(C)C)c1. The zero-order valence-corrected chi connectivity index (χ0v) is 16.1. The molecule has 3 aromatic rings. The fraction of sp³-hybridized carbons (Fsp3) is 0.167. The molecule has 0 aromatic heterocycles. The van der Waals surface area contributed by atoms with Crippen molar-refractivity contribution >= 4 is 11.9 Å². The lowest BCUT2D eigenvalue weighted by Crippen LogP contribution is -2.14. The van der Waals surface area contributed by atoms with Gasteiger partial charge < -0.3 is 9.47 Å². The van der Waals surface area contributed by atoms with Crippen LogP contribution in [-0.2, 0) is 0 Å². The van der Waals surface area contributed by atoms with Crippen molar-refractivity contribution in [3.05, 3.63) is 95.1 Å². The summed E-state index contributed by atoms with van der Waals surface area (Å²) < 4.78 is 11.3. The quantitative estimate of drug-likeness (QED) is 0.433. The molecule has 3 aromatic carbocycles. The summed E-state index contributed by atoms with van der Waals surface area (Å²) in [6.45, 7) is 5.91. The van der Waals surface area contributed by atoms with Crippen LogP contribution in [0.15, 0.2) is 72.8 Å². The molecular weight excluding hydrogens is 352 g/mol. The molecule has 0 N–H and O–H groups in total. The maximum Gasteiger partial charge on any atom is 0.343 e. The molecule has 0 saturated heterocycles. The van der Waals surface area contributed by atoms with Crippen LogP contribution in [0.4, 0.5) is 0 Å². The van der Waals surface area contributed by atoms with Gasteiger partial charge in [-0.15, -0.1) is 0 Å². The lowest BCUT2D eigenvalue weighted by atomic mass is 9.99. The highest BCUT2D eigenvalue weighted by Gasteiger charge is 2.21. The van der Waals surface area contributed by atoms with Crippen LogP contribution in [0, 0.1) is 6.92 Å². The molecule has 0 aliphatic carbocycles. The van der Waals surface area contributed by atoms with E-state index in [0.717, 1.165) is 11.1 Å². The van der Waals surface area contributed by atoms with E-state index in [0.29, 0.717) is 11.1 Å². The van der Waals surface area contributed by atoms with Gasteiger partial charge in [-0.1, -0.05) is 56.3 Å². The minimum atomic E-state index is -0.502. The summed E-state index contributed by atoms with van der Waals surface area (Å²) in [7, 11) is 0. The summed E-state index contributed by atoms with van der Waals surface area (Å²) in [6, 6.07) is 21.1. The predicted octanol–water partition coefficient (Wildman–Crippen LogP) is 5.56. The van der Waals surface area contributed by atoms with Crippen LogP contribution in [0.25, 0.3) is 0 Å². The molecule has 0 spiro atoms. The maximum absolute atomic E-state index is 12.6. The van der Waals surface area contributed by atoms with Crippen molar-refractivity contribution in [2.24, 2.45) is 0 Å². The van der Waals surface area contributed by atoms with E-state index in [1.165, 1.54) is 0 Å². The molecule has 142 valence electrons. The van der Waals surface area contributed by atoms with E-state index in [-0.39, 0.29) is 17.4 Å². The van der Waals surface area contributed by atoms with E-state index >= 15 is 0 Å². The molecule has 0 unspecified atom stereocenters. The summed E-state index contributed by atoms with van der Waals surface area (Å²) in [4.78, 5) is 25.2. The third-order valence-electron chi connectivity index (χ3n) is 4.27. The second kappa shape index (κ2) is 8.53. The van der Waals surface area contributed by atoms with Crippen LogP contribution in [0.2, 0.25) is 0 Å². The number of benzene rings is 3. The molecule has 0 heterocycles. The molecule has 0 fully saturated rings. The number of esters is 2. The minimum Gasteiger partial charge on any atom is -0.419 e. The number of hydrogen-bond donors (Lipinski definition) is 0. The second-order valence-electron chi connectivity index (χ2n) is 6.85. The average molecular weight is 374 g/mol. The molecule has 0 bridgehead atoms. The summed E-state index contributed by atoms with van der Waals surface area (Å²) >= 11 is 0. The Morgan fingerprint density at radius 3 is 1.75 bits per heavy atom. The highest BCUT2D eigenvalue weighted by atomic mass is 16.6. The van der Waals surface area contributed by atoms with Gasteiger partial charge in [0, 0.05) is 5.56 Å². The van der Waals surface area contributed by atoms with Gasteiger partial charge in [0.1, 0.15) is 0 Å². The zero-order chi connectivity index (χ0) is 20.1. The zero-order valence-electron chi connectivity index (χ0n) is 16.1. The molecule has 3 rings (SSSR count). The molecule has 28 heavy (non-hydrogen) atoms. The first kappa shape index (κ1) is 19.4. The Labute approximate surface area is 164 Å². The van der Waals surface area contributed by atoms with E-state index in [9.17, 15) is 9.59 Å². The van der Waals surface area contributed by atoms with Crippen molar-refractivity contribution in [3.63, 3.8) is 0 Å². The van der Waals surface area contributed by atoms with E-state index < -0.39 is 11.9 Å². The summed E-state index contributed by atoms with van der Waals surface area (Å²) in [5, 5.41) is 0. The third kappa shape index (κ3) is 4.46. The molecule has 0 saturated carbocycles. The lowest BCUT2D eigenvalue weighted by molar-refractivity contribution is 0.0680. The highest BCUT2D eigenvalue weighted by Crippen LogP contribution is 2.38. The summed E-state index contributed by atoms with van der Waals surface area (Å²) in [6.07, 6.45) is 0. The highest BCUT2D eigenvalue weighted by molar-refractivity contribution is 5.93. The van der Waals surface area contributed by atoms with Crippen molar-refractivity contribution in [1.29, 1.82) is 0 Å². The third-order valence-corrected chi connectivity index (χ3v) is 4.27. The summed E-state index contributed by atoms with van der Waals surface area (Å²) in [5.41, 5.74) is 2.58. The van der Waals surface area contributed by atoms with Gasteiger partial charge in [0.15, 0.2) is 11.5 Å². The fourth-order valence-electron chi connectivity index (χ4n) is 2.84. The number of ether oxygens (including phenoxy) is 2. The Bertz CT molecular complexity index is 976. The predicted molar refractivity (Wildman–Crippen MR) is 108 cm³/mol. The summed E-state index contributed by atoms with van der Waals surface area (Å²) in [5.74, 6) is -0.408. The van der Waals surface area contributed by atoms with Crippen molar-refractivity contribution in [2.45, 2.75) is 26.7 Å². The lowest BCUT2D eigenvalue weighted by Gasteiger charge is -2.18. The Balaban J connectivity index is 1.99. The van der Waals surface area contributed by atoms with Crippen LogP contribution in [0.3, 0.4) is 0 Å². The van der Waals surface area contributed by atoms with Crippen molar-refractivity contribution < 1.29 is 19.1 Å². The number of carbonyl (C=O) groups is 2. The second-order valence-corrected chi connectivity index (χ2v) is 6.85. The normalized spacial score (nSPS) is 10.6. The fourth-order valence-corrected chi connectivity index (χ4v) is 2.84.